The minimum Gasteiger partial charge on any atom is -0.497 e. The molecular weight excluding hydrogens is 354 g/mol. The fraction of sp³-hybridized carbons (Fsp3) is 0.364. The Morgan fingerprint density at radius 2 is 1.75 bits per heavy atom. The number of nitrogens with one attached hydrogen (secondary N) is 2. The number of benzene rings is 2. The first-order chi connectivity index (χ1) is 13.4. The fourth-order valence-electron chi connectivity index (χ4n) is 2.92. The Kier molecular flexibility index (Phi) is 8.02. The van der Waals surface area contributed by atoms with E-state index in [1.807, 2.05) is 56.1 Å². The molecule has 2 rings (SSSR count). The standard InChI is InChI=1S/C22H29N3O3/c1-5-25(15-18-9-7-6-8-10-18)22(27)17(2)24(3)16-21(26)23-19-11-13-20(28-4)14-12-19/h6-14,17H,5,15-16H2,1-4H3,(H,23,26)/p+1/t17-/m1/s1. The van der Waals surface area contributed by atoms with Crippen molar-refractivity contribution in [1.82, 2.24) is 4.90 Å². The lowest BCUT2D eigenvalue weighted by Crippen LogP contribution is -3.15. The summed E-state index contributed by atoms with van der Waals surface area (Å²) in [6, 6.07) is 16.8. The summed E-state index contributed by atoms with van der Waals surface area (Å²) >= 11 is 0. The van der Waals surface area contributed by atoms with Crippen LogP contribution in [0.25, 0.3) is 0 Å². The molecule has 150 valence electrons. The highest BCUT2D eigenvalue weighted by atomic mass is 16.5. The van der Waals surface area contributed by atoms with Gasteiger partial charge in [-0.2, -0.15) is 0 Å². The topological polar surface area (TPSA) is 63.1 Å². The predicted octanol–water partition coefficient (Wildman–Crippen LogP) is 1.59. The van der Waals surface area contributed by atoms with Crippen LogP contribution in [0.2, 0.25) is 0 Å². The Morgan fingerprint density at radius 3 is 2.32 bits per heavy atom. The number of methoxy groups -OCH3 is 1. The van der Waals surface area contributed by atoms with E-state index in [0.717, 1.165) is 16.2 Å². The van der Waals surface area contributed by atoms with Crippen molar-refractivity contribution in [1.29, 1.82) is 0 Å². The largest absolute Gasteiger partial charge is 0.497 e. The van der Waals surface area contributed by atoms with Crippen molar-refractivity contribution in [3.05, 3.63) is 60.2 Å². The van der Waals surface area contributed by atoms with Crippen LogP contribution in [-0.2, 0) is 16.1 Å². The zero-order chi connectivity index (χ0) is 20.5. The first kappa shape index (κ1) is 21.4. The van der Waals surface area contributed by atoms with Crippen molar-refractivity contribution >= 4 is 17.5 Å². The van der Waals surface area contributed by atoms with Crippen LogP contribution < -0.4 is 15.0 Å². The Morgan fingerprint density at radius 1 is 1.11 bits per heavy atom. The van der Waals surface area contributed by atoms with Crippen LogP contribution in [0, 0.1) is 0 Å². The van der Waals surface area contributed by atoms with Crippen LogP contribution in [0.5, 0.6) is 5.75 Å². The molecule has 0 aromatic heterocycles. The smallest absolute Gasteiger partial charge is 0.280 e. The average Bonchev–Trinajstić information content (AvgIpc) is 2.72. The maximum atomic E-state index is 12.9. The van der Waals surface area contributed by atoms with Crippen LogP contribution in [0.3, 0.4) is 0 Å². The van der Waals surface area contributed by atoms with E-state index in [4.69, 9.17) is 4.74 Å². The second-order valence-corrected chi connectivity index (χ2v) is 6.86. The van der Waals surface area contributed by atoms with Gasteiger partial charge in [-0.25, -0.2) is 0 Å². The summed E-state index contributed by atoms with van der Waals surface area (Å²) in [5.74, 6) is 0.646. The summed E-state index contributed by atoms with van der Waals surface area (Å²) in [4.78, 5) is 27.9. The second kappa shape index (κ2) is 10.5. The molecule has 2 N–H and O–H groups in total. The molecule has 0 aliphatic carbocycles. The van der Waals surface area contributed by atoms with Crippen LogP contribution in [0.15, 0.2) is 54.6 Å². The number of nitrogens with zero attached hydrogens (tertiary/aromatic N) is 1. The van der Waals surface area contributed by atoms with Gasteiger partial charge in [-0.05, 0) is 43.7 Å². The van der Waals surface area contributed by atoms with Gasteiger partial charge in [-0.3, -0.25) is 9.59 Å². The van der Waals surface area contributed by atoms with Crippen molar-refractivity contribution in [3.8, 4) is 5.75 Å². The number of likely N-dealkylation sites (N-methyl/N-ethyl adjacent to an activating group) is 2. The number of anilines is 1. The molecule has 2 aromatic carbocycles. The van der Waals surface area contributed by atoms with Gasteiger partial charge in [-0.1, -0.05) is 30.3 Å². The molecule has 2 amide bonds. The molecule has 1 unspecified atom stereocenters. The zero-order valence-corrected chi connectivity index (χ0v) is 17.1. The van der Waals surface area contributed by atoms with E-state index in [1.54, 1.807) is 31.4 Å². The number of hydrogen-bond acceptors (Lipinski definition) is 3. The lowest BCUT2D eigenvalue weighted by Gasteiger charge is -2.27. The molecule has 6 nitrogen and oxygen atoms in total. The van der Waals surface area contributed by atoms with E-state index < -0.39 is 0 Å². The minimum atomic E-state index is -0.315. The summed E-state index contributed by atoms with van der Waals surface area (Å²) < 4.78 is 5.11. The van der Waals surface area contributed by atoms with Crippen LogP contribution >= 0.6 is 0 Å². The van der Waals surface area contributed by atoms with Crippen molar-refractivity contribution < 1.29 is 19.2 Å². The number of carbonyl (C=O) groups excluding carboxylic acids is 2. The Hall–Kier alpha value is -2.86. The SMILES string of the molecule is CCN(Cc1ccccc1)C(=O)[C@@H](C)[NH+](C)CC(=O)Nc1ccc(OC)cc1. The number of quaternary nitrogens is 1. The maximum Gasteiger partial charge on any atom is 0.280 e. The highest BCUT2D eigenvalue weighted by Gasteiger charge is 2.27. The molecule has 0 saturated carbocycles. The third kappa shape index (κ3) is 6.09. The van der Waals surface area contributed by atoms with Crippen molar-refractivity contribution in [2.45, 2.75) is 26.4 Å². The summed E-state index contributed by atoms with van der Waals surface area (Å²) in [6.45, 7) is 5.25. The highest BCUT2D eigenvalue weighted by molar-refractivity contribution is 5.91. The first-order valence-corrected chi connectivity index (χ1v) is 9.53. The molecule has 0 fully saturated rings. The van der Waals surface area contributed by atoms with Gasteiger partial charge in [0.2, 0.25) is 0 Å². The molecule has 0 bridgehead atoms. The van der Waals surface area contributed by atoms with Gasteiger partial charge in [0.05, 0.1) is 14.2 Å². The summed E-state index contributed by atoms with van der Waals surface area (Å²) in [5.41, 5.74) is 1.80. The van der Waals surface area contributed by atoms with Gasteiger partial charge >= 0.3 is 0 Å². The molecule has 6 heteroatoms. The molecule has 2 aromatic rings. The van der Waals surface area contributed by atoms with Crippen molar-refractivity contribution in [3.63, 3.8) is 0 Å². The molecule has 0 aliphatic rings. The van der Waals surface area contributed by atoms with Crippen molar-refractivity contribution in [2.75, 3.05) is 32.6 Å². The van der Waals surface area contributed by atoms with Crippen LogP contribution in [0.1, 0.15) is 19.4 Å². The molecule has 0 spiro atoms. The highest BCUT2D eigenvalue weighted by Crippen LogP contribution is 2.14. The van der Waals surface area contributed by atoms with Crippen LogP contribution in [-0.4, -0.2) is 50.0 Å². The van der Waals surface area contributed by atoms with Gasteiger partial charge in [0.1, 0.15) is 5.75 Å². The van der Waals surface area contributed by atoms with Gasteiger partial charge in [-0.15, -0.1) is 0 Å². The van der Waals surface area contributed by atoms with E-state index in [2.05, 4.69) is 5.32 Å². The van der Waals surface area contributed by atoms with Gasteiger partial charge in [0, 0.05) is 18.8 Å². The van der Waals surface area contributed by atoms with E-state index in [1.165, 1.54) is 0 Å². The second-order valence-electron chi connectivity index (χ2n) is 6.86. The number of amides is 2. The normalized spacial score (nSPS) is 12.7. The lowest BCUT2D eigenvalue weighted by atomic mass is 10.2. The Labute approximate surface area is 167 Å². The third-order valence-electron chi connectivity index (χ3n) is 4.83. The zero-order valence-electron chi connectivity index (χ0n) is 17.1. The molecule has 0 heterocycles. The van der Waals surface area contributed by atoms with E-state index in [-0.39, 0.29) is 24.4 Å². The van der Waals surface area contributed by atoms with Crippen molar-refractivity contribution in [2.24, 2.45) is 0 Å². The van der Waals surface area contributed by atoms with Gasteiger partial charge in [0.25, 0.3) is 11.8 Å². The number of ether oxygens (including phenoxy) is 1. The molecule has 28 heavy (non-hydrogen) atoms. The number of carbonyl (C=O) groups is 2. The molecule has 2 atom stereocenters. The molecular formula is C22H30N3O3+. The quantitative estimate of drug-likeness (QED) is 0.690. The summed E-state index contributed by atoms with van der Waals surface area (Å²) in [7, 11) is 3.47. The lowest BCUT2D eigenvalue weighted by molar-refractivity contribution is -0.886. The molecule has 0 aliphatic heterocycles. The summed E-state index contributed by atoms with van der Waals surface area (Å²) in [5, 5.41) is 2.86. The number of hydrogen-bond donors (Lipinski definition) is 2. The van der Waals surface area contributed by atoms with E-state index in [9.17, 15) is 9.59 Å². The Bertz CT molecular complexity index is 762. The molecule has 0 radical (unpaired) electrons. The van der Waals surface area contributed by atoms with E-state index in [0.29, 0.717) is 18.8 Å². The minimum absolute atomic E-state index is 0.0427. The van der Waals surface area contributed by atoms with E-state index >= 15 is 0 Å². The fourth-order valence-corrected chi connectivity index (χ4v) is 2.92. The van der Waals surface area contributed by atoms with Gasteiger partial charge < -0.3 is 19.9 Å². The first-order valence-electron chi connectivity index (χ1n) is 9.53. The Balaban J connectivity index is 1.90. The monoisotopic (exact) mass is 384 g/mol. The average molecular weight is 385 g/mol. The third-order valence-corrected chi connectivity index (χ3v) is 4.83. The van der Waals surface area contributed by atoms with Gasteiger partial charge in [0.15, 0.2) is 12.6 Å². The maximum absolute atomic E-state index is 12.9. The summed E-state index contributed by atoms with van der Waals surface area (Å²) in [6.07, 6.45) is 0. The van der Waals surface area contributed by atoms with Crippen LogP contribution in [0.4, 0.5) is 5.69 Å². The molecule has 0 saturated heterocycles. The number of rotatable bonds is 9. The predicted molar refractivity (Wildman–Crippen MR) is 110 cm³/mol.